The van der Waals surface area contributed by atoms with Gasteiger partial charge in [-0.25, -0.2) is 13.8 Å². The van der Waals surface area contributed by atoms with E-state index in [4.69, 9.17) is 11.5 Å². The van der Waals surface area contributed by atoms with Crippen molar-refractivity contribution in [2.75, 3.05) is 11.5 Å². The minimum absolute atomic E-state index is 0. The first-order valence-corrected chi connectivity index (χ1v) is 7.96. The van der Waals surface area contributed by atoms with Gasteiger partial charge >= 0.3 is 0 Å². The van der Waals surface area contributed by atoms with Gasteiger partial charge in [-0.15, -0.1) is 24.0 Å². The predicted molar refractivity (Wildman–Crippen MR) is 110 cm³/mol. The van der Waals surface area contributed by atoms with E-state index in [0.29, 0.717) is 5.39 Å². The molecule has 3 rings (SSSR count). The molecule has 2 aromatic heterocycles. The molecule has 3 aromatic rings. The Bertz CT molecular complexity index is 924. The molecule has 128 valence electrons. The lowest BCUT2D eigenvalue weighted by Gasteiger charge is -2.08. The molecule has 9 heteroatoms. The van der Waals surface area contributed by atoms with E-state index in [1.54, 1.807) is 10.9 Å². The summed E-state index contributed by atoms with van der Waals surface area (Å²) in [6.07, 6.45) is 1.63. The highest BCUT2D eigenvalue weighted by atomic mass is 127. The number of halogens is 4. The van der Waals surface area contributed by atoms with Crippen LogP contribution in [0.1, 0.15) is 19.9 Å². The van der Waals surface area contributed by atoms with E-state index in [2.05, 4.69) is 32.7 Å². The number of rotatable bonds is 2. The Morgan fingerprint density at radius 2 is 1.83 bits per heavy atom. The second-order valence-electron chi connectivity index (χ2n) is 5.46. The third kappa shape index (κ3) is 3.03. The number of hydrogen-bond acceptors (Lipinski definition) is 4. The summed E-state index contributed by atoms with van der Waals surface area (Å²) in [5.74, 6) is -1.14. The monoisotopic (exact) mass is 557 g/mol. The Morgan fingerprint density at radius 1 is 1.17 bits per heavy atom. The number of hydrogen-bond donors (Lipinski definition) is 2. The third-order valence-electron chi connectivity index (χ3n) is 3.54. The SMILES string of the molecule is CC(C)n1nc(-c2cc(F)c(N)cc2F)c2c(N)ncc(I)c21.I. The van der Waals surface area contributed by atoms with Gasteiger partial charge in [0, 0.05) is 23.9 Å². The Kier molecular flexibility index (Phi) is 5.52. The molecule has 0 saturated heterocycles. The quantitative estimate of drug-likeness (QED) is 0.363. The first-order valence-electron chi connectivity index (χ1n) is 6.88. The van der Waals surface area contributed by atoms with Gasteiger partial charge in [-0.3, -0.25) is 4.68 Å². The number of benzene rings is 1. The third-order valence-corrected chi connectivity index (χ3v) is 4.33. The van der Waals surface area contributed by atoms with Crippen molar-refractivity contribution in [3.63, 3.8) is 0 Å². The van der Waals surface area contributed by atoms with Crippen molar-refractivity contribution >= 4 is 69.0 Å². The van der Waals surface area contributed by atoms with Crippen molar-refractivity contribution < 1.29 is 8.78 Å². The lowest BCUT2D eigenvalue weighted by atomic mass is 10.1. The molecule has 24 heavy (non-hydrogen) atoms. The first kappa shape index (κ1) is 19.1. The number of anilines is 2. The summed E-state index contributed by atoms with van der Waals surface area (Å²) in [4.78, 5) is 4.11. The summed E-state index contributed by atoms with van der Waals surface area (Å²) in [5, 5.41) is 4.96. The van der Waals surface area contributed by atoms with Crippen LogP contribution in [0, 0.1) is 15.2 Å². The fourth-order valence-corrected chi connectivity index (χ4v) is 3.12. The number of nitrogen functional groups attached to an aromatic ring is 2. The van der Waals surface area contributed by atoms with Crippen LogP contribution in [0.3, 0.4) is 0 Å². The van der Waals surface area contributed by atoms with E-state index >= 15 is 0 Å². The zero-order chi connectivity index (χ0) is 16.9. The van der Waals surface area contributed by atoms with Gasteiger partial charge in [0.25, 0.3) is 0 Å². The molecule has 0 aliphatic heterocycles. The molecule has 0 aliphatic rings. The van der Waals surface area contributed by atoms with E-state index in [0.717, 1.165) is 21.2 Å². The maximum Gasteiger partial charge on any atom is 0.146 e. The molecule has 0 fully saturated rings. The average Bonchev–Trinajstić information content (AvgIpc) is 2.88. The van der Waals surface area contributed by atoms with Gasteiger partial charge in [-0.2, -0.15) is 5.10 Å². The van der Waals surface area contributed by atoms with Gasteiger partial charge < -0.3 is 11.5 Å². The summed E-state index contributed by atoms with van der Waals surface area (Å²) in [6.45, 7) is 3.89. The van der Waals surface area contributed by atoms with Crippen LogP contribution in [-0.2, 0) is 0 Å². The van der Waals surface area contributed by atoms with Crippen LogP contribution >= 0.6 is 46.6 Å². The van der Waals surface area contributed by atoms with E-state index in [-0.39, 0.29) is 52.8 Å². The van der Waals surface area contributed by atoms with Crippen molar-refractivity contribution in [2.45, 2.75) is 19.9 Å². The van der Waals surface area contributed by atoms with Crippen LogP contribution < -0.4 is 11.5 Å². The van der Waals surface area contributed by atoms with Crippen molar-refractivity contribution in [2.24, 2.45) is 0 Å². The lowest BCUT2D eigenvalue weighted by Crippen LogP contribution is -2.04. The van der Waals surface area contributed by atoms with Crippen molar-refractivity contribution in [3.8, 4) is 11.3 Å². The Balaban J connectivity index is 0.00000208. The fourth-order valence-electron chi connectivity index (χ4n) is 2.46. The highest BCUT2D eigenvalue weighted by Gasteiger charge is 2.22. The van der Waals surface area contributed by atoms with E-state index in [1.165, 1.54) is 0 Å². The van der Waals surface area contributed by atoms with Gasteiger partial charge in [0.15, 0.2) is 0 Å². The van der Waals surface area contributed by atoms with Crippen LogP contribution in [0.5, 0.6) is 0 Å². The van der Waals surface area contributed by atoms with Gasteiger partial charge in [0.2, 0.25) is 0 Å². The highest BCUT2D eigenvalue weighted by Crippen LogP contribution is 2.37. The van der Waals surface area contributed by atoms with Gasteiger partial charge in [-0.05, 0) is 42.5 Å². The smallest absolute Gasteiger partial charge is 0.146 e. The number of fused-ring (bicyclic) bond motifs is 1. The topological polar surface area (TPSA) is 82.8 Å². The number of nitrogens with zero attached hydrogens (tertiary/aromatic N) is 3. The number of aromatic nitrogens is 3. The van der Waals surface area contributed by atoms with Crippen LogP contribution in [0.25, 0.3) is 22.2 Å². The molecular formula is C15H15F2I2N5. The summed E-state index contributed by atoms with van der Waals surface area (Å²) in [6, 6.07) is 2.00. The molecule has 0 radical (unpaired) electrons. The van der Waals surface area contributed by atoms with Crippen LogP contribution in [0.4, 0.5) is 20.3 Å². The number of nitrogens with two attached hydrogens (primary N) is 2. The molecule has 0 unspecified atom stereocenters. The van der Waals surface area contributed by atoms with Crippen molar-refractivity contribution in [1.29, 1.82) is 0 Å². The van der Waals surface area contributed by atoms with Gasteiger partial charge in [0.05, 0.1) is 20.2 Å². The molecule has 5 nitrogen and oxygen atoms in total. The first-order chi connectivity index (χ1) is 10.8. The Morgan fingerprint density at radius 3 is 2.46 bits per heavy atom. The molecule has 0 aliphatic carbocycles. The van der Waals surface area contributed by atoms with Crippen LogP contribution in [0.15, 0.2) is 18.3 Å². The summed E-state index contributed by atoms with van der Waals surface area (Å²) >= 11 is 2.12. The largest absolute Gasteiger partial charge is 0.396 e. The second-order valence-corrected chi connectivity index (χ2v) is 6.62. The maximum atomic E-state index is 14.3. The van der Waals surface area contributed by atoms with E-state index in [9.17, 15) is 8.78 Å². The Hall–Kier alpha value is -1.24. The average molecular weight is 557 g/mol. The zero-order valence-electron chi connectivity index (χ0n) is 12.8. The molecule has 0 atom stereocenters. The minimum atomic E-state index is -0.703. The summed E-state index contributed by atoms with van der Waals surface area (Å²) < 4.78 is 30.7. The zero-order valence-corrected chi connectivity index (χ0v) is 17.3. The lowest BCUT2D eigenvalue weighted by molar-refractivity contribution is 0.550. The van der Waals surface area contributed by atoms with Crippen molar-refractivity contribution in [3.05, 3.63) is 33.5 Å². The summed E-state index contributed by atoms with van der Waals surface area (Å²) in [5.41, 5.74) is 12.2. The van der Waals surface area contributed by atoms with Crippen molar-refractivity contribution in [1.82, 2.24) is 14.8 Å². The van der Waals surface area contributed by atoms with E-state index < -0.39 is 11.6 Å². The molecular weight excluding hydrogens is 542 g/mol. The molecule has 1 aromatic carbocycles. The summed E-state index contributed by atoms with van der Waals surface area (Å²) in [7, 11) is 0. The molecule has 4 N–H and O–H groups in total. The minimum Gasteiger partial charge on any atom is -0.396 e. The van der Waals surface area contributed by atoms with Crippen LogP contribution in [-0.4, -0.2) is 14.8 Å². The standard InChI is InChI=1S/C15H14F2IN5.HI/c1-6(2)23-14-10(18)5-21-15(20)12(14)13(22-23)7-3-9(17)11(19)4-8(7)16;/h3-6H,19H2,1-2H3,(H2,20,21);1H. The molecule has 2 heterocycles. The Labute approximate surface area is 168 Å². The van der Waals surface area contributed by atoms with Gasteiger partial charge in [0.1, 0.15) is 23.1 Å². The van der Waals surface area contributed by atoms with Crippen LogP contribution in [0.2, 0.25) is 0 Å². The molecule has 0 bridgehead atoms. The highest BCUT2D eigenvalue weighted by molar-refractivity contribution is 14.1. The van der Waals surface area contributed by atoms with Gasteiger partial charge in [-0.1, -0.05) is 0 Å². The molecule has 0 saturated carbocycles. The fraction of sp³-hybridized carbons (Fsp3) is 0.200. The molecule has 0 spiro atoms. The number of pyridine rings is 1. The predicted octanol–water partition coefficient (Wildman–Crippen LogP) is 4.34. The second kappa shape index (κ2) is 6.94. The maximum absolute atomic E-state index is 14.3. The molecule has 0 amide bonds. The van der Waals surface area contributed by atoms with E-state index in [1.807, 2.05) is 13.8 Å². The normalized spacial score (nSPS) is 11.1.